The molecule has 0 saturated carbocycles. The summed E-state index contributed by atoms with van der Waals surface area (Å²) in [5, 5.41) is 4.59. The standard InChI is InChI=1S/C20H17BrN2O/c1-14-19(11-12-20(24)16-7-6-8-17(21)13-16)15(2)23(22-14)18-9-4-3-5-10-18/h3-13H,1-2H3/b12-11+. The van der Waals surface area contributed by atoms with Crippen LogP contribution in [0.2, 0.25) is 0 Å². The van der Waals surface area contributed by atoms with E-state index in [9.17, 15) is 4.79 Å². The second-order valence-corrected chi connectivity index (χ2v) is 6.46. The zero-order valence-corrected chi connectivity index (χ0v) is 15.1. The van der Waals surface area contributed by atoms with Gasteiger partial charge in [-0.2, -0.15) is 5.10 Å². The minimum Gasteiger partial charge on any atom is -0.289 e. The minimum atomic E-state index is -0.0254. The number of carbonyl (C=O) groups is 1. The van der Waals surface area contributed by atoms with Gasteiger partial charge in [0.05, 0.1) is 11.4 Å². The lowest BCUT2D eigenvalue weighted by molar-refractivity contribution is 0.104. The SMILES string of the molecule is Cc1nn(-c2ccccc2)c(C)c1/C=C/C(=O)c1cccc(Br)c1. The van der Waals surface area contributed by atoms with Crippen LogP contribution in [0.25, 0.3) is 11.8 Å². The molecule has 0 atom stereocenters. The quantitative estimate of drug-likeness (QED) is 0.463. The van der Waals surface area contributed by atoms with Crippen molar-refractivity contribution in [3.8, 4) is 5.69 Å². The third-order valence-corrected chi connectivity index (χ3v) is 4.35. The first-order valence-electron chi connectivity index (χ1n) is 7.66. The molecule has 120 valence electrons. The van der Waals surface area contributed by atoms with Gasteiger partial charge in [-0.1, -0.05) is 46.3 Å². The van der Waals surface area contributed by atoms with Crippen LogP contribution in [-0.2, 0) is 0 Å². The molecule has 0 amide bonds. The van der Waals surface area contributed by atoms with E-state index in [-0.39, 0.29) is 5.78 Å². The maximum Gasteiger partial charge on any atom is 0.185 e. The van der Waals surface area contributed by atoms with E-state index in [1.54, 1.807) is 6.08 Å². The van der Waals surface area contributed by atoms with Crippen LogP contribution in [0.3, 0.4) is 0 Å². The van der Waals surface area contributed by atoms with E-state index < -0.39 is 0 Å². The molecule has 0 spiro atoms. The number of carbonyl (C=O) groups excluding carboxylic acids is 1. The highest BCUT2D eigenvalue weighted by atomic mass is 79.9. The molecule has 24 heavy (non-hydrogen) atoms. The van der Waals surface area contributed by atoms with E-state index in [1.807, 2.05) is 79.2 Å². The van der Waals surface area contributed by atoms with Gasteiger partial charge in [-0.05, 0) is 50.3 Å². The van der Waals surface area contributed by atoms with Crippen LogP contribution in [0, 0.1) is 13.8 Å². The first kappa shape index (κ1) is 16.4. The van der Waals surface area contributed by atoms with Crippen molar-refractivity contribution in [3.05, 3.63) is 87.7 Å². The van der Waals surface area contributed by atoms with E-state index in [0.717, 1.165) is 27.1 Å². The Kier molecular flexibility index (Phi) is 4.76. The van der Waals surface area contributed by atoms with Gasteiger partial charge < -0.3 is 0 Å². The van der Waals surface area contributed by atoms with Crippen molar-refractivity contribution < 1.29 is 4.79 Å². The van der Waals surface area contributed by atoms with Crippen LogP contribution in [0.1, 0.15) is 27.3 Å². The van der Waals surface area contributed by atoms with Crippen LogP contribution in [0.15, 0.2) is 65.1 Å². The fourth-order valence-corrected chi connectivity index (χ4v) is 3.01. The Balaban J connectivity index is 1.91. The number of benzene rings is 2. The third-order valence-electron chi connectivity index (χ3n) is 3.86. The second kappa shape index (κ2) is 6.97. The number of hydrogen-bond donors (Lipinski definition) is 0. The van der Waals surface area contributed by atoms with Gasteiger partial charge in [-0.25, -0.2) is 4.68 Å². The van der Waals surface area contributed by atoms with E-state index in [4.69, 9.17) is 0 Å². The van der Waals surface area contributed by atoms with Crippen LogP contribution in [0.4, 0.5) is 0 Å². The highest BCUT2D eigenvalue weighted by molar-refractivity contribution is 9.10. The Morgan fingerprint density at radius 1 is 1.08 bits per heavy atom. The number of aryl methyl sites for hydroxylation is 1. The molecule has 0 bridgehead atoms. The molecule has 1 heterocycles. The summed E-state index contributed by atoms with van der Waals surface area (Å²) in [5.74, 6) is -0.0254. The van der Waals surface area contributed by atoms with Crippen molar-refractivity contribution in [2.24, 2.45) is 0 Å². The number of para-hydroxylation sites is 1. The molecule has 4 heteroatoms. The van der Waals surface area contributed by atoms with Crippen molar-refractivity contribution in [2.75, 3.05) is 0 Å². The monoisotopic (exact) mass is 380 g/mol. The fourth-order valence-electron chi connectivity index (χ4n) is 2.61. The zero-order chi connectivity index (χ0) is 17.1. The molecule has 0 N–H and O–H groups in total. The molecule has 0 saturated heterocycles. The summed E-state index contributed by atoms with van der Waals surface area (Å²) in [5.41, 5.74) is 4.55. The lowest BCUT2D eigenvalue weighted by atomic mass is 10.1. The predicted octanol–water partition coefficient (Wildman–Crippen LogP) is 5.15. The summed E-state index contributed by atoms with van der Waals surface area (Å²) >= 11 is 3.39. The molecule has 1 aromatic heterocycles. The van der Waals surface area contributed by atoms with Crippen molar-refractivity contribution in [3.63, 3.8) is 0 Å². The number of allylic oxidation sites excluding steroid dienone is 1. The van der Waals surface area contributed by atoms with Gasteiger partial charge in [-0.15, -0.1) is 0 Å². The van der Waals surface area contributed by atoms with Crippen LogP contribution >= 0.6 is 15.9 Å². The van der Waals surface area contributed by atoms with Gasteiger partial charge in [-0.3, -0.25) is 4.79 Å². The average Bonchev–Trinajstić information content (AvgIpc) is 2.88. The van der Waals surface area contributed by atoms with Crippen LogP contribution in [0.5, 0.6) is 0 Å². The number of aromatic nitrogens is 2. The lowest BCUT2D eigenvalue weighted by Gasteiger charge is -2.03. The van der Waals surface area contributed by atoms with Crippen molar-refractivity contribution in [1.82, 2.24) is 9.78 Å². The molecular formula is C20H17BrN2O. The molecule has 2 aromatic carbocycles. The molecule has 0 fully saturated rings. The average molecular weight is 381 g/mol. The largest absolute Gasteiger partial charge is 0.289 e. The maximum absolute atomic E-state index is 12.3. The molecule has 3 rings (SSSR count). The number of nitrogens with zero attached hydrogens (tertiary/aromatic N) is 2. The number of halogens is 1. The smallest absolute Gasteiger partial charge is 0.185 e. The first-order chi connectivity index (χ1) is 11.6. The van der Waals surface area contributed by atoms with Gasteiger partial charge in [0.1, 0.15) is 0 Å². The second-order valence-electron chi connectivity index (χ2n) is 5.54. The van der Waals surface area contributed by atoms with Crippen molar-refractivity contribution in [2.45, 2.75) is 13.8 Å². The summed E-state index contributed by atoms with van der Waals surface area (Å²) in [6, 6.07) is 17.4. The van der Waals surface area contributed by atoms with Gasteiger partial charge in [0.2, 0.25) is 0 Å². The summed E-state index contributed by atoms with van der Waals surface area (Å²) in [6.07, 6.45) is 3.45. The first-order valence-corrected chi connectivity index (χ1v) is 8.45. The molecule has 0 aliphatic carbocycles. The van der Waals surface area contributed by atoms with Gasteiger partial charge in [0, 0.05) is 21.3 Å². The fraction of sp³-hybridized carbons (Fsp3) is 0.100. The molecule has 0 unspecified atom stereocenters. The summed E-state index contributed by atoms with van der Waals surface area (Å²) in [4.78, 5) is 12.3. The number of rotatable bonds is 4. The molecule has 0 aliphatic heterocycles. The Morgan fingerprint density at radius 2 is 1.83 bits per heavy atom. The summed E-state index contributed by atoms with van der Waals surface area (Å²) in [7, 11) is 0. The van der Waals surface area contributed by atoms with Crippen LogP contribution in [-0.4, -0.2) is 15.6 Å². The molecular weight excluding hydrogens is 364 g/mol. The van der Waals surface area contributed by atoms with E-state index in [1.165, 1.54) is 0 Å². The lowest BCUT2D eigenvalue weighted by Crippen LogP contribution is -1.98. The Labute approximate surface area is 149 Å². The highest BCUT2D eigenvalue weighted by Crippen LogP contribution is 2.20. The minimum absolute atomic E-state index is 0.0254. The van der Waals surface area contributed by atoms with Gasteiger partial charge in [0.15, 0.2) is 5.78 Å². The Morgan fingerprint density at radius 3 is 2.54 bits per heavy atom. The number of hydrogen-bond acceptors (Lipinski definition) is 2. The van der Waals surface area contributed by atoms with Gasteiger partial charge >= 0.3 is 0 Å². The predicted molar refractivity (Wildman–Crippen MR) is 101 cm³/mol. The molecule has 3 nitrogen and oxygen atoms in total. The van der Waals surface area contributed by atoms with Crippen LogP contribution < -0.4 is 0 Å². The van der Waals surface area contributed by atoms with Gasteiger partial charge in [0.25, 0.3) is 0 Å². The maximum atomic E-state index is 12.3. The normalized spacial score (nSPS) is 11.1. The van der Waals surface area contributed by atoms with Crippen molar-refractivity contribution >= 4 is 27.8 Å². The summed E-state index contributed by atoms with van der Waals surface area (Å²) < 4.78 is 2.80. The zero-order valence-electron chi connectivity index (χ0n) is 13.5. The topological polar surface area (TPSA) is 34.9 Å². The van der Waals surface area contributed by atoms with E-state index in [0.29, 0.717) is 5.56 Å². The third kappa shape index (κ3) is 3.39. The van der Waals surface area contributed by atoms with E-state index >= 15 is 0 Å². The highest BCUT2D eigenvalue weighted by Gasteiger charge is 2.11. The molecule has 0 aliphatic rings. The summed E-state index contributed by atoms with van der Waals surface area (Å²) in [6.45, 7) is 3.96. The van der Waals surface area contributed by atoms with E-state index in [2.05, 4.69) is 21.0 Å². The Bertz CT molecular complexity index is 911. The number of ketones is 1. The molecule has 0 radical (unpaired) electrons. The molecule has 3 aromatic rings. The Hall–Kier alpha value is -2.46. The van der Waals surface area contributed by atoms with Crippen molar-refractivity contribution in [1.29, 1.82) is 0 Å².